The maximum absolute atomic E-state index is 12.1. The number of amides is 1. The first-order chi connectivity index (χ1) is 10.7. The summed E-state index contributed by atoms with van der Waals surface area (Å²) < 4.78 is 11.3. The summed E-state index contributed by atoms with van der Waals surface area (Å²) in [5.74, 6) is 1.69. The molecule has 5 nitrogen and oxygen atoms in total. The van der Waals surface area contributed by atoms with Gasteiger partial charge in [0.25, 0.3) is 0 Å². The van der Waals surface area contributed by atoms with Gasteiger partial charge in [-0.2, -0.15) is 0 Å². The Bertz CT molecular complexity index is 473. The lowest BCUT2D eigenvalue weighted by molar-refractivity contribution is -0.131. The minimum absolute atomic E-state index is 0.190. The minimum atomic E-state index is 0.190. The molecule has 1 aliphatic heterocycles. The molecule has 1 aliphatic rings. The predicted molar refractivity (Wildman–Crippen MR) is 86.4 cm³/mol. The highest BCUT2D eigenvalue weighted by Crippen LogP contribution is 2.26. The van der Waals surface area contributed by atoms with Gasteiger partial charge < -0.3 is 19.7 Å². The lowest BCUT2D eigenvalue weighted by atomic mass is 10.2. The molecular weight excluding hydrogens is 280 g/mol. The number of hydrogen-bond acceptors (Lipinski definition) is 4. The van der Waals surface area contributed by atoms with Crippen molar-refractivity contribution in [1.29, 1.82) is 0 Å². The molecule has 22 heavy (non-hydrogen) atoms. The number of likely N-dealkylation sites (N-methyl/N-ethyl adjacent to an activating group) is 1. The number of carbonyl (C=O) groups is 1. The number of hydrogen-bond donors (Lipinski definition) is 1. The number of rotatable bonds is 8. The number of carbonyl (C=O) groups excluding carboxylic acids is 1. The van der Waals surface area contributed by atoms with Crippen LogP contribution in [-0.2, 0) is 4.79 Å². The lowest BCUT2D eigenvalue weighted by Gasteiger charge is -2.23. The van der Waals surface area contributed by atoms with Crippen molar-refractivity contribution in [1.82, 2.24) is 10.2 Å². The molecule has 0 saturated carbocycles. The van der Waals surface area contributed by atoms with Gasteiger partial charge in [0.05, 0.1) is 13.2 Å². The molecule has 5 heteroatoms. The zero-order chi connectivity index (χ0) is 15.8. The third kappa shape index (κ3) is 4.63. The van der Waals surface area contributed by atoms with Crippen LogP contribution in [0.5, 0.6) is 11.5 Å². The third-order valence-corrected chi connectivity index (χ3v) is 3.92. The van der Waals surface area contributed by atoms with Crippen LogP contribution >= 0.6 is 0 Å². The number of nitrogens with one attached hydrogen (secondary N) is 1. The summed E-state index contributed by atoms with van der Waals surface area (Å²) in [4.78, 5) is 14.0. The maximum atomic E-state index is 12.1. The SMILES string of the molecule is CCOc1ccccc1OCCCC(=O)N(C)C1CCNC1. The van der Waals surface area contributed by atoms with Gasteiger partial charge in [-0.3, -0.25) is 4.79 Å². The zero-order valence-corrected chi connectivity index (χ0v) is 13.5. The number of para-hydroxylation sites is 2. The van der Waals surface area contributed by atoms with Gasteiger partial charge in [0.15, 0.2) is 11.5 Å². The van der Waals surface area contributed by atoms with E-state index in [1.807, 2.05) is 43.1 Å². The molecule has 0 spiro atoms. The molecule has 0 bridgehead atoms. The summed E-state index contributed by atoms with van der Waals surface area (Å²) in [6.45, 7) is 4.98. The molecule has 0 aliphatic carbocycles. The fraction of sp³-hybridized carbons (Fsp3) is 0.588. The van der Waals surface area contributed by atoms with Crippen LogP contribution in [0.25, 0.3) is 0 Å². The van der Waals surface area contributed by atoms with E-state index in [2.05, 4.69) is 5.32 Å². The fourth-order valence-electron chi connectivity index (χ4n) is 2.60. The summed E-state index contributed by atoms with van der Waals surface area (Å²) in [5, 5.41) is 3.28. The molecule has 0 aromatic heterocycles. The maximum Gasteiger partial charge on any atom is 0.222 e. The highest BCUT2D eigenvalue weighted by atomic mass is 16.5. The summed E-state index contributed by atoms with van der Waals surface area (Å²) in [6.07, 6.45) is 2.27. The van der Waals surface area contributed by atoms with Crippen LogP contribution in [0.1, 0.15) is 26.2 Å². The Morgan fingerprint density at radius 3 is 2.68 bits per heavy atom. The number of benzene rings is 1. The Morgan fingerprint density at radius 2 is 2.05 bits per heavy atom. The van der Waals surface area contributed by atoms with Crippen LogP contribution in [-0.4, -0.2) is 50.2 Å². The van der Waals surface area contributed by atoms with E-state index >= 15 is 0 Å². The van der Waals surface area contributed by atoms with Gasteiger partial charge in [-0.15, -0.1) is 0 Å². The summed E-state index contributed by atoms with van der Waals surface area (Å²) >= 11 is 0. The van der Waals surface area contributed by atoms with E-state index in [4.69, 9.17) is 9.47 Å². The van der Waals surface area contributed by atoms with E-state index in [-0.39, 0.29) is 5.91 Å². The molecule has 122 valence electrons. The van der Waals surface area contributed by atoms with E-state index in [9.17, 15) is 4.79 Å². The van der Waals surface area contributed by atoms with Crippen LogP contribution < -0.4 is 14.8 Å². The monoisotopic (exact) mass is 306 g/mol. The van der Waals surface area contributed by atoms with Gasteiger partial charge >= 0.3 is 0 Å². The Labute approximate surface area is 132 Å². The minimum Gasteiger partial charge on any atom is -0.490 e. The molecule has 1 fully saturated rings. The molecule has 2 rings (SSSR count). The van der Waals surface area contributed by atoms with Crippen LogP contribution in [0.15, 0.2) is 24.3 Å². The largest absolute Gasteiger partial charge is 0.490 e. The zero-order valence-electron chi connectivity index (χ0n) is 13.5. The van der Waals surface area contributed by atoms with Gasteiger partial charge in [-0.1, -0.05) is 12.1 Å². The first-order valence-electron chi connectivity index (χ1n) is 8.03. The summed E-state index contributed by atoms with van der Waals surface area (Å²) in [6, 6.07) is 7.97. The van der Waals surface area contributed by atoms with Crippen LogP contribution in [0.4, 0.5) is 0 Å². The molecular formula is C17H26N2O3. The quantitative estimate of drug-likeness (QED) is 0.747. The molecule has 1 saturated heterocycles. The topological polar surface area (TPSA) is 50.8 Å². The average molecular weight is 306 g/mol. The van der Waals surface area contributed by atoms with Crippen LogP contribution in [0.2, 0.25) is 0 Å². The molecule has 1 N–H and O–H groups in total. The van der Waals surface area contributed by atoms with E-state index in [1.165, 1.54) is 0 Å². The molecule has 1 unspecified atom stereocenters. The smallest absolute Gasteiger partial charge is 0.222 e. The molecule has 1 atom stereocenters. The van der Waals surface area contributed by atoms with Crippen molar-refractivity contribution in [2.45, 2.75) is 32.2 Å². The Kier molecular flexibility index (Phi) is 6.52. The molecule has 0 radical (unpaired) electrons. The fourth-order valence-corrected chi connectivity index (χ4v) is 2.60. The first-order valence-corrected chi connectivity index (χ1v) is 8.03. The molecule has 1 aromatic carbocycles. The molecule has 1 heterocycles. The summed E-state index contributed by atoms with van der Waals surface area (Å²) in [7, 11) is 1.89. The van der Waals surface area contributed by atoms with Gasteiger partial charge in [-0.05, 0) is 38.4 Å². The summed E-state index contributed by atoms with van der Waals surface area (Å²) in [5.41, 5.74) is 0. The second kappa shape index (κ2) is 8.63. The highest BCUT2D eigenvalue weighted by molar-refractivity contribution is 5.76. The Morgan fingerprint density at radius 1 is 1.32 bits per heavy atom. The first kappa shape index (κ1) is 16.6. The van der Waals surface area contributed by atoms with Crippen molar-refractivity contribution in [2.24, 2.45) is 0 Å². The second-order valence-corrected chi connectivity index (χ2v) is 5.48. The van der Waals surface area contributed by atoms with E-state index in [1.54, 1.807) is 0 Å². The van der Waals surface area contributed by atoms with Crippen LogP contribution in [0, 0.1) is 0 Å². The van der Waals surface area contributed by atoms with Crippen molar-refractivity contribution in [3.8, 4) is 11.5 Å². The number of ether oxygens (including phenoxy) is 2. The lowest BCUT2D eigenvalue weighted by Crippen LogP contribution is -2.38. The standard InChI is InChI=1S/C17H26N2O3/c1-3-21-15-7-4-5-8-16(15)22-12-6-9-17(20)19(2)14-10-11-18-13-14/h4-5,7-8,14,18H,3,6,9-13H2,1-2H3. The second-order valence-electron chi connectivity index (χ2n) is 5.48. The molecule has 1 aromatic rings. The van der Waals surface area contributed by atoms with E-state index in [0.717, 1.165) is 31.0 Å². The third-order valence-electron chi connectivity index (χ3n) is 3.92. The van der Waals surface area contributed by atoms with Gasteiger partial charge in [0.1, 0.15) is 0 Å². The van der Waals surface area contributed by atoms with E-state index in [0.29, 0.717) is 32.1 Å². The Hall–Kier alpha value is -1.75. The van der Waals surface area contributed by atoms with Crippen molar-refractivity contribution in [2.75, 3.05) is 33.4 Å². The van der Waals surface area contributed by atoms with Crippen molar-refractivity contribution >= 4 is 5.91 Å². The molecule has 1 amide bonds. The van der Waals surface area contributed by atoms with Gasteiger partial charge in [0.2, 0.25) is 5.91 Å². The highest BCUT2D eigenvalue weighted by Gasteiger charge is 2.22. The predicted octanol–water partition coefficient (Wildman–Crippen LogP) is 2.06. The van der Waals surface area contributed by atoms with Crippen LogP contribution in [0.3, 0.4) is 0 Å². The number of nitrogens with zero attached hydrogens (tertiary/aromatic N) is 1. The van der Waals surface area contributed by atoms with Crippen molar-refractivity contribution in [3.05, 3.63) is 24.3 Å². The van der Waals surface area contributed by atoms with Gasteiger partial charge in [0, 0.05) is 26.1 Å². The van der Waals surface area contributed by atoms with Crippen molar-refractivity contribution in [3.63, 3.8) is 0 Å². The Balaban J connectivity index is 1.71. The van der Waals surface area contributed by atoms with E-state index < -0.39 is 0 Å². The normalized spacial score (nSPS) is 17.3. The van der Waals surface area contributed by atoms with Crippen molar-refractivity contribution < 1.29 is 14.3 Å². The average Bonchev–Trinajstić information content (AvgIpc) is 3.06. The van der Waals surface area contributed by atoms with Gasteiger partial charge in [-0.25, -0.2) is 0 Å².